The van der Waals surface area contributed by atoms with Crippen LogP contribution in [0.4, 0.5) is 0 Å². The van der Waals surface area contributed by atoms with Crippen molar-refractivity contribution < 1.29 is 4.79 Å². The van der Waals surface area contributed by atoms with Gasteiger partial charge in [0, 0.05) is 26.1 Å². The number of hydrogen-bond acceptors (Lipinski definition) is 3. The number of hydrogen-bond donors (Lipinski definition) is 1. The minimum absolute atomic E-state index is 0.191. The highest BCUT2D eigenvalue weighted by Gasteiger charge is 2.10. The van der Waals surface area contributed by atoms with Crippen molar-refractivity contribution in [1.29, 1.82) is 0 Å². The summed E-state index contributed by atoms with van der Waals surface area (Å²) in [4.78, 5) is 16.1. The molecule has 0 saturated carbocycles. The molecule has 4 nitrogen and oxygen atoms in total. The number of rotatable bonds is 6. The fourth-order valence-electron chi connectivity index (χ4n) is 2.13. The van der Waals surface area contributed by atoms with Crippen molar-refractivity contribution in [2.24, 2.45) is 0 Å². The number of likely N-dealkylation sites (tertiary alicyclic amines) is 1. The molecule has 0 aromatic carbocycles. The molecule has 0 bridgehead atoms. The van der Waals surface area contributed by atoms with Gasteiger partial charge in [0.1, 0.15) is 0 Å². The van der Waals surface area contributed by atoms with Crippen LogP contribution in [0.3, 0.4) is 0 Å². The van der Waals surface area contributed by atoms with Gasteiger partial charge in [-0.1, -0.05) is 12.8 Å². The lowest BCUT2D eigenvalue weighted by Gasteiger charge is -2.19. The van der Waals surface area contributed by atoms with Crippen LogP contribution < -0.4 is 5.32 Å². The van der Waals surface area contributed by atoms with Crippen molar-refractivity contribution in [2.45, 2.75) is 32.1 Å². The molecule has 0 radical (unpaired) electrons. The highest BCUT2D eigenvalue weighted by Crippen LogP contribution is 2.09. The number of carbonyl (C=O) groups excluding carboxylic acids is 1. The third-order valence-corrected chi connectivity index (χ3v) is 3.23. The Morgan fingerprint density at radius 2 is 1.82 bits per heavy atom. The van der Waals surface area contributed by atoms with E-state index in [1.807, 2.05) is 14.1 Å². The molecule has 4 heteroatoms. The van der Waals surface area contributed by atoms with Crippen molar-refractivity contribution >= 4 is 5.91 Å². The first-order chi connectivity index (χ1) is 8.18. The minimum atomic E-state index is 0.191. The smallest absolute Gasteiger partial charge is 0.221 e. The predicted octanol–water partition coefficient (Wildman–Crippen LogP) is 0.930. The van der Waals surface area contributed by atoms with E-state index in [9.17, 15) is 4.79 Å². The molecule has 1 saturated heterocycles. The van der Waals surface area contributed by atoms with Gasteiger partial charge < -0.3 is 15.1 Å². The molecule has 1 amide bonds. The first-order valence-electron chi connectivity index (χ1n) is 6.82. The summed E-state index contributed by atoms with van der Waals surface area (Å²) < 4.78 is 0. The molecule has 0 atom stereocenters. The highest BCUT2D eigenvalue weighted by molar-refractivity contribution is 5.76. The van der Waals surface area contributed by atoms with Gasteiger partial charge in [0.15, 0.2) is 0 Å². The van der Waals surface area contributed by atoms with E-state index in [4.69, 9.17) is 0 Å². The van der Waals surface area contributed by atoms with E-state index >= 15 is 0 Å². The molecular weight excluding hydrogens is 214 g/mol. The monoisotopic (exact) mass is 241 g/mol. The maximum absolute atomic E-state index is 11.6. The molecule has 100 valence electrons. The molecule has 0 spiro atoms. The molecule has 1 rings (SSSR count). The van der Waals surface area contributed by atoms with Gasteiger partial charge in [0.2, 0.25) is 5.91 Å². The first kappa shape index (κ1) is 14.5. The third-order valence-electron chi connectivity index (χ3n) is 3.23. The van der Waals surface area contributed by atoms with Gasteiger partial charge in [-0.2, -0.15) is 0 Å². The maximum atomic E-state index is 11.6. The van der Waals surface area contributed by atoms with E-state index in [1.54, 1.807) is 0 Å². The molecular formula is C13H27N3O. The largest absolute Gasteiger partial charge is 0.355 e. The normalized spacial score (nSPS) is 18.1. The van der Waals surface area contributed by atoms with Crippen LogP contribution in [-0.4, -0.2) is 62.5 Å². The summed E-state index contributed by atoms with van der Waals surface area (Å²) in [6.45, 7) is 4.94. The summed E-state index contributed by atoms with van der Waals surface area (Å²) in [7, 11) is 4.03. The van der Waals surface area contributed by atoms with Gasteiger partial charge in [0.25, 0.3) is 0 Å². The molecule has 1 fully saturated rings. The van der Waals surface area contributed by atoms with Gasteiger partial charge in [-0.05, 0) is 40.0 Å². The van der Waals surface area contributed by atoms with Gasteiger partial charge in [-0.3, -0.25) is 4.79 Å². The summed E-state index contributed by atoms with van der Waals surface area (Å²) >= 11 is 0. The van der Waals surface area contributed by atoms with Gasteiger partial charge >= 0.3 is 0 Å². The van der Waals surface area contributed by atoms with Crippen molar-refractivity contribution in [1.82, 2.24) is 15.1 Å². The van der Waals surface area contributed by atoms with Crippen LogP contribution >= 0.6 is 0 Å². The summed E-state index contributed by atoms with van der Waals surface area (Å²) in [6, 6.07) is 0. The summed E-state index contributed by atoms with van der Waals surface area (Å²) in [5.41, 5.74) is 0. The number of carbonyl (C=O) groups is 1. The predicted molar refractivity (Wildman–Crippen MR) is 71.1 cm³/mol. The highest BCUT2D eigenvalue weighted by atomic mass is 16.1. The number of nitrogens with zero attached hydrogens (tertiary/aromatic N) is 2. The maximum Gasteiger partial charge on any atom is 0.221 e. The SMILES string of the molecule is CN(C)CCNC(=O)CCN1CCCCCC1. The van der Waals surface area contributed by atoms with E-state index in [2.05, 4.69) is 15.1 Å². The summed E-state index contributed by atoms with van der Waals surface area (Å²) in [5.74, 6) is 0.191. The van der Waals surface area contributed by atoms with Crippen LogP contribution in [-0.2, 0) is 4.79 Å². The van der Waals surface area contributed by atoms with E-state index in [-0.39, 0.29) is 5.91 Å². The van der Waals surface area contributed by atoms with Crippen LogP contribution in [0.15, 0.2) is 0 Å². The molecule has 17 heavy (non-hydrogen) atoms. The van der Waals surface area contributed by atoms with Crippen molar-refractivity contribution in [3.63, 3.8) is 0 Å². The van der Waals surface area contributed by atoms with Crippen LogP contribution in [0.2, 0.25) is 0 Å². The van der Waals surface area contributed by atoms with E-state index in [0.29, 0.717) is 6.42 Å². The van der Waals surface area contributed by atoms with Crippen LogP contribution in [0, 0.1) is 0 Å². The number of amides is 1. The van der Waals surface area contributed by atoms with Gasteiger partial charge in [0.05, 0.1) is 0 Å². The second-order valence-corrected chi connectivity index (χ2v) is 5.16. The molecule has 1 heterocycles. The van der Waals surface area contributed by atoms with Gasteiger partial charge in [-0.25, -0.2) is 0 Å². The second kappa shape index (κ2) is 8.48. The lowest BCUT2D eigenvalue weighted by Crippen LogP contribution is -2.34. The molecule has 0 aromatic heterocycles. The Hall–Kier alpha value is -0.610. The van der Waals surface area contributed by atoms with Crippen LogP contribution in [0.1, 0.15) is 32.1 Å². The molecule has 0 aromatic rings. The Morgan fingerprint density at radius 1 is 1.18 bits per heavy atom. The molecule has 1 N–H and O–H groups in total. The Balaban J connectivity index is 2.05. The zero-order valence-electron chi connectivity index (χ0n) is 11.4. The molecule has 1 aliphatic rings. The Labute approximate surface area is 105 Å². The van der Waals surface area contributed by atoms with E-state index < -0.39 is 0 Å². The number of likely N-dealkylation sites (N-methyl/N-ethyl adjacent to an activating group) is 1. The average molecular weight is 241 g/mol. The van der Waals surface area contributed by atoms with Gasteiger partial charge in [-0.15, -0.1) is 0 Å². The quantitative estimate of drug-likeness (QED) is 0.751. The fraction of sp³-hybridized carbons (Fsp3) is 0.923. The topological polar surface area (TPSA) is 35.6 Å². The zero-order valence-corrected chi connectivity index (χ0v) is 11.4. The van der Waals surface area contributed by atoms with Crippen LogP contribution in [0.5, 0.6) is 0 Å². The zero-order chi connectivity index (χ0) is 12.5. The van der Waals surface area contributed by atoms with E-state index in [1.165, 1.54) is 38.8 Å². The molecule has 1 aliphatic heterocycles. The summed E-state index contributed by atoms with van der Waals surface area (Å²) in [5, 5.41) is 2.96. The van der Waals surface area contributed by atoms with Crippen molar-refractivity contribution in [2.75, 3.05) is 46.8 Å². The van der Waals surface area contributed by atoms with Crippen molar-refractivity contribution in [3.05, 3.63) is 0 Å². The minimum Gasteiger partial charge on any atom is -0.355 e. The Morgan fingerprint density at radius 3 is 2.41 bits per heavy atom. The lowest BCUT2D eigenvalue weighted by atomic mass is 10.2. The second-order valence-electron chi connectivity index (χ2n) is 5.16. The molecule has 0 aliphatic carbocycles. The third kappa shape index (κ3) is 7.34. The standard InChI is InChI=1S/C13H27N3O/c1-15(2)12-8-14-13(17)7-11-16-9-5-3-4-6-10-16/h3-12H2,1-2H3,(H,14,17). The summed E-state index contributed by atoms with van der Waals surface area (Å²) in [6.07, 6.45) is 5.94. The Bertz CT molecular complexity index is 211. The molecule has 0 unspecified atom stereocenters. The average Bonchev–Trinajstić information content (AvgIpc) is 2.54. The lowest BCUT2D eigenvalue weighted by molar-refractivity contribution is -0.121. The van der Waals surface area contributed by atoms with Crippen molar-refractivity contribution in [3.8, 4) is 0 Å². The van der Waals surface area contributed by atoms with Crippen LogP contribution in [0.25, 0.3) is 0 Å². The first-order valence-corrected chi connectivity index (χ1v) is 6.82. The van der Waals surface area contributed by atoms with E-state index in [0.717, 1.165) is 19.6 Å². The number of nitrogens with one attached hydrogen (secondary N) is 1. The Kier molecular flexibility index (Phi) is 7.21. The fourth-order valence-corrected chi connectivity index (χ4v) is 2.13.